The summed E-state index contributed by atoms with van der Waals surface area (Å²) in [4.78, 5) is 36.7. The van der Waals surface area contributed by atoms with Crippen LogP contribution in [0.25, 0.3) is 0 Å². The zero-order valence-corrected chi connectivity index (χ0v) is 32.1. The maximum atomic E-state index is 12.6. The molecule has 0 spiro atoms. The molecule has 0 aliphatic carbocycles. The van der Waals surface area contributed by atoms with E-state index in [4.69, 9.17) is 14.2 Å². The van der Waals surface area contributed by atoms with Crippen molar-refractivity contribution in [2.75, 3.05) is 41.0 Å². The van der Waals surface area contributed by atoms with Crippen molar-refractivity contribution in [3.63, 3.8) is 0 Å². The van der Waals surface area contributed by atoms with E-state index in [0.717, 1.165) is 44.9 Å². The third-order valence-electron chi connectivity index (χ3n) is 8.54. The van der Waals surface area contributed by atoms with Gasteiger partial charge in [0.15, 0.2) is 12.1 Å². The number of aliphatic carboxylic acids is 1. The summed E-state index contributed by atoms with van der Waals surface area (Å²) < 4.78 is 17.1. The Labute approximate surface area is 300 Å². The van der Waals surface area contributed by atoms with Crippen molar-refractivity contribution in [3.05, 3.63) is 36.5 Å². The number of ether oxygens (including phenoxy) is 3. The average Bonchev–Trinajstić information content (AvgIpc) is 3.05. The number of carboxylic acids is 1. The Morgan fingerprint density at radius 2 is 1.10 bits per heavy atom. The number of carbonyl (C=O) groups excluding carboxylic acids is 2. The first-order valence-electron chi connectivity index (χ1n) is 19.5. The van der Waals surface area contributed by atoms with Gasteiger partial charge in [0.1, 0.15) is 6.61 Å². The Kier molecular flexibility index (Phi) is 31.1. The summed E-state index contributed by atoms with van der Waals surface area (Å²) in [6, 6.07) is -0.620. The van der Waals surface area contributed by atoms with Gasteiger partial charge in [0.05, 0.1) is 34.4 Å². The largest absolute Gasteiger partial charge is 0.477 e. The summed E-state index contributed by atoms with van der Waals surface area (Å²) in [5.41, 5.74) is 0. The number of rotatable bonds is 34. The predicted octanol–water partition coefficient (Wildman–Crippen LogP) is 9.91. The Hall–Kier alpha value is -2.45. The minimum absolute atomic E-state index is 0.0417. The summed E-state index contributed by atoms with van der Waals surface area (Å²) in [7, 11) is 5.49. The smallest absolute Gasteiger partial charge is 0.362 e. The van der Waals surface area contributed by atoms with E-state index in [-0.39, 0.29) is 42.7 Å². The summed E-state index contributed by atoms with van der Waals surface area (Å²) >= 11 is 0. The molecule has 0 bridgehead atoms. The minimum atomic E-state index is -0.884. The van der Waals surface area contributed by atoms with Gasteiger partial charge in [0.2, 0.25) is 0 Å². The van der Waals surface area contributed by atoms with E-state index in [1.54, 1.807) is 0 Å². The fourth-order valence-corrected chi connectivity index (χ4v) is 5.44. The maximum Gasteiger partial charge on any atom is 0.362 e. The highest BCUT2D eigenvalue weighted by atomic mass is 16.6. The second kappa shape index (κ2) is 32.7. The third-order valence-corrected chi connectivity index (χ3v) is 8.54. The molecule has 0 saturated heterocycles. The fraction of sp³-hybridized carbons (Fsp3) is 0.780. The van der Waals surface area contributed by atoms with Crippen molar-refractivity contribution in [3.8, 4) is 0 Å². The number of likely N-dealkylation sites (N-methyl/N-ethyl adjacent to an activating group) is 1. The number of hydrogen-bond donors (Lipinski definition) is 1. The molecule has 8 heteroatoms. The zero-order valence-electron chi connectivity index (χ0n) is 32.1. The Balaban J connectivity index is 4.44. The van der Waals surface area contributed by atoms with Crippen LogP contribution in [0.1, 0.15) is 155 Å². The van der Waals surface area contributed by atoms with Gasteiger partial charge in [-0.05, 0) is 57.8 Å². The average molecular weight is 693 g/mol. The number of unbranched alkanes of at least 4 members (excludes halogenated alkanes) is 15. The lowest BCUT2D eigenvalue weighted by Gasteiger charge is -2.31. The molecule has 0 rings (SSSR count). The molecular weight excluding hydrogens is 618 g/mol. The molecule has 0 heterocycles. The lowest BCUT2D eigenvalue weighted by Crippen LogP contribution is -2.50. The van der Waals surface area contributed by atoms with Crippen LogP contribution < -0.4 is 0 Å². The summed E-state index contributed by atoms with van der Waals surface area (Å²) in [5.74, 6) is -1.55. The van der Waals surface area contributed by atoms with Crippen LogP contribution >= 0.6 is 0 Å². The summed E-state index contributed by atoms with van der Waals surface area (Å²) in [5, 5.41) is 9.57. The molecule has 0 radical (unpaired) electrons. The van der Waals surface area contributed by atoms with Crippen molar-refractivity contribution in [2.45, 2.75) is 167 Å². The van der Waals surface area contributed by atoms with E-state index >= 15 is 0 Å². The molecule has 0 amide bonds. The van der Waals surface area contributed by atoms with Gasteiger partial charge in [-0.1, -0.05) is 115 Å². The first-order chi connectivity index (χ1) is 23.6. The van der Waals surface area contributed by atoms with E-state index in [2.05, 4.69) is 50.3 Å². The maximum absolute atomic E-state index is 12.6. The number of carbonyl (C=O) groups is 3. The van der Waals surface area contributed by atoms with Gasteiger partial charge in [0, 0.05) is 19.3 Å². The van der Waals surface area contributed by atoms with E-state index in [1.165, 1.54) is 70.6 Å². The normalized spacial score (nSPS) is 13.4. The van der Waals surface area contributed by atoms with Gasteiger partial charge in [0.25, 0.3) is 0 Å². The first kappa shape index (κ1) is 46.5. The fourth-order valence-electron chi connectivity index (χ4n) is 5.44. The van der Waals surface area contributed by atoms with Crippen LogP contribution in [0.5, 0.6) is 0 Å². The molecule has 2 unspecified atom stereocenters. The number of hydrogen-bond acceptors (Lipinski definition) is 6. The molecule has 0 aliphatic rings. The molecule has 2 atom stereocenters. The van der Waals surface area contributed by atoms with Crippen LogP contribution in [0, 0.1) is 0 Å². The van der Waals surface area contributed by atoms with Gasteiger partial charge >= 0.3 is 17.9 Å². The standard InChI is InChI=1S/C41H73NO7/c1-6-8-10-12-14-16-17-18-19-20-21-22-24-25-27-29-31-39(43)48-36-37(35-47-34-33-38(41(45)46)42(3,4)5)49-40(44)32-30-28-26-23-15-13-11-9-7-2/h19-23,26,37-38H,6-18,24-25,27-36H2,1-5H3/p+1/b20-19+,22-21+,26-23+. The van der Waals surface area contributed by atoms with E-state index in [1.807, 2.05) is 21.1 Å². The molecular formula is C41H74NO7+. The molecule has 8 nitrogen and oxygen atoms in total. The molecule has 0 aromatic heterocycles. The van der Waals surface area contributed by atoms with Crippen molar-refractivity contribution in [2.24, 2.45) is 0 Å². The monoisotopic (exact) mass is 693 g/mol. The lowest BCUT2D eigenvalue weighted by molar-refractivity contribution is -0.887. The molecule has 0 saturated carbocycles. The zero-order chi connectivity index (χ0) is 36.4. The minimum Gasteiger partial charge on any atom is -0.477 e. The van der Waals surface area contributed by atoms with Gasteiger partial charge in [-0.15, -0.1) is 0 Å². The highest BCUT2D eigenvalue weighted by Crippen LogP contribution is 2.12. The Bertz CT molecular complexity index is 906. The summed E-state index contributed by atoms with van der Waals surface area (Å²) in [6.45, 7) is 4.62. The molecule has 49 heavy (non-hydrogen) atoms. The van der Waals surface area contributed by atoms with Gasteiger partial charge < -0.3 is 23.8 Å². The highest BCUT2D eigenvalue weighted by Gasteiger charge is 2.31. The number of quaternary nitrogens is 1. The van der Waals surface area contributed by atoms with Crippen molar-refractivity contribution in [1.82, 2.24) is 0 Å². The highest BCUT2D eigenvalue weighted by molar-refractivity contribution is 5.72. The lowest BCUT2D eigenvalue weighted by atomic mass is 10.1. The van der Waals surface area contributed by atoms with Gasteiger partial charge in [-0.3, -0.25) is 9.59 Å². The van der Waals surface area contributed by atoms with E-state index in [9.17, 15) is 19.5 Å². The van der Waals surface area contributed by atoms with Gasteiger partial charge in [-0.2, -0.15) is 0 Å². The first-order valence-corrected chi connectivity index (χ1v) is 19.5. The topological polar surface area (TPSA) is 99.1 Å². The summed E-state index contributed by atoms with van der Waals surface area (Å²) in [6.07, 6.45) is 34.9. The quantitative estimate of drug-likeness (QED) is 0.0236. The molecule has 284 valence electrons. The number of nitrogens with zero attached hydrogens (tertiary/aromatic N) is 1. The predicted molar refractivity (Wildman–Crippen MR) is 201 cm³/mol. The van der Waals surface area contributed by atoms with Crippen LogP contribution in [0.2, 0.25) is 0 Å². The van der Waals surface area contributed by atoms with Crippen molar-refractivity contribution < 1.29 is 38.2 Å². The number of esters is 2. The SMILES string of the molecule is CCCCCC/C=C/CCCC(=O)OC(COCCC(C(=O)O)[N+](C)(C)C)COC(=O)CCCCC/C=C/C=C/CCCCCCCCC. The number of carboxylic acid groups (broad SMARTS) is 1. The van der Waals surface area contributed by atoms with Crippen LogP contribution in [0.15, 0.2) is 36.5 Å². The third kappa shape index (κ3) is 31.3. The molecule has 0 aromatic rings. The second-order valence-electron chi connectivity index (χ2n) is 14.2. The molecule has 0 aromatic carbocycles. The van der Waals surface area contributed by atoms with Crippen LogP contribution in [0.3, 0.4) is 0 Å². The van der Waals surface area contributed by atoms with Crippen LogP contribution in [0.4, 0.5) is 0 Å². The van der Waals surface area contributed by atoms with Crippen LogP contribution in [-0.2, 0) is 28.6 Å². The van der Waals surface area contributed by atoms with E-state index in [0.29, 0.717) is 19.3 Å². The Morgan fingerprint density at radius 3 is 1.67 bits per heavy atom. The van der Waals surface area contributed by atoms with Crippen molar-refractivity contribution in [1.29, 1.82) is 0 Å². The molecule has 0 fully saturated rings. The molecule has 0 aliphatic heterocycles. The second-order valence-corrected chi connectivity index (χ2v) is 14.2. The van der Waals surface area contributed by atoms with Crippen LogP contribution in [-0.4, -0.2) is 80.6 Å². The Morgan fingerprint density at radius 1 is 0.612 bits per heavy atom. The van der Waals surface area contributed by atoms with Gasteiger partial charge in [-0.25, -0.2) is 4.79 Å². The van der Waals surface area contributed by atoms with Crippen molar-refractivity contribution >= 4 is 17.9 Å². The van der Waals surface area contributed by atoms with E-state index < -0.39 is 18.1 Å². The molecule has 1 N–H and O–H groups in total. The number of allylic oxidation sites excluding steroid dienone is 6.